The maximum absolute atomic E-state index is 12.9. The van der Waals surface area contributed by atoms with Gasteiger partial charge in [-0.25, -0.2) is 13.1 Å². The van der Waals surface area contributed by atoms with Crippen molar-refractivity contribution in [1.29, 1.82) is 0 Å². The fourth-order valence-electron chi connectivity index (χ4n) is 3.43. The molecule has 1 N–H and O–H groups in total. The number of alkyl halides is 3. The molecule has 1 amide bonds. The van der Waals surface area contributed by atoms with Crippen LogP contribution in [0, 0.1) is 0 Å². The van der Waals surface area contributed by atoms with Gasteiger partial charge < -0.3 is 4.90 Å². The number of benzene rings is 2. The highest BCUT2D eigenvalue weighted by atomic mass is 35.5. The Morgan fingerprint density at radius 3 is 2.55 bits per heavy atom. The van der Waals surface area contributed by atoms with Crippen LogP contribution >= 0.6 is 11.6 Å². The van der Waals surface area contributed by atoms with Crippen molar-refractivity contribution in [2.45, 2.75) is 25.1 Å². The number of halogens is 4. The van der Waals surface area contributed by atoms with E-state index < -0.39 is 27.7 Å². The SMILES string of the molecule is CS(=O)(=O)NC(=O)c1cccc(C2CCCN2c2ccc(C(F)(F)F)cc2Cl)c1. The van der Waals surface area contributed by atoms with Crippen LogP contribution in [0.5, 0.6) is 0 Å². The minimum atomic E-state index is -4.48. The first-order valence-electron chi connectivity index (χ1n) is 8.71. The van der Waals surface area contributed by atoms with Gasteiger partial charge in [-0.2, -0.15) is 13.2 Å². The maximum Gasteiger partial charge on any atom is 0.416 e. The van der Waals surface area contributed by atoms with E-state index in [1.165, 1.54) is 12.1 Å². The molecule has 29 heavy (non-hydrogen) atoms. The molecule has 156 valence electrons. The zero-order chi connectivity index (χ0) is 21.4. The molecule has 1 fully saturated rings. The smallest absolute Gasteiger partial charge is 0.363 e. The molecule has 5 nitrogen and oxygen atoms in total. The van der Waals surface area contributed by atoms with E-state index in [0.29, 0.717) is 18.7 Å². The van der Waals surface area contributed by atoms with Gasteiger partial charge in [0.1, 0.15) is 0 Å². The molecule has 1 atom stereocenters. The van der Waals surface area contributed by atoms with Gasteiger partial charge in [0.2, 0.25) is 10.0 Å². The van der Waals surface area contributed by atoms with E-state index in [-0.39, 0.29) is 16.6 Å². The lowest BCUT2D eigenvalue weighted by Crippen LogP contribution is -2.29. The Morgan fingerprint density at radius 2 is 1.93 bits per heavy atom. The molecule has 2 aromatic rings. The van der Waals surface area contributed by atoms with Gasteiger partial charge in [-0.15, -0.1) is 0 Å². The Morgan fingerprint density at radius 1 is 1.21 bits per heavy atom. The van der Waals surface area contributed by atoms with E-state index in [0.717, 1.165) is 30.4 Å². The van der Waals surface area contributed by atoms with Gasteiger partial charge in [-0.1, -0.05) is 23.7 Å². The fourth-order valence-corrected chi connectivity index (χ4v) is 4.18. The second kappa shape index (κ2) is 7.87. The van der Waals surface area contributed by atoms with Crippen molar-refractivity contribution in [3.8, 4) is 0 Å². The van der Waals surface area contributed by atoms with Crippen LogP contribution in [0.3, 0.4) is 0 Å². The molecule has 3 rings (SSSR count). The monoisotopic (exact) mass is 446 g/mol. The highest BCUT2D eigenvalue weighted by molar-refractivity contribution is 7.89. The fraction of sp³-hybridized carbons (Fsp3) is 0.316. The number of sulfonamides is 1. The summed E-state index contributed by atoms with van der Waals surface area (Å²) >= 11 is 6.15. The molecular weight excluding hydrogens is 429 g/mol. The molecular formula is C19H18ClF3N2O3S. The molecule has 1 unspecified atom stereocenters. The molecule has 1 aliphatic heterocycles. The number of amides is 1. The Bertz CT molecular complexity index is 1040. The number of hydrogen-bond donors (Lipinski definition) is 1. The van der Waals surface area contributed by atoms with Gasteiger partial charge in [-0.3, -0.25) is 4.79 Å². The van der Waals surface area contributed by atoms with E-state index in [1.54, 1.807) is 18.2 Å². The largest absolute Gasteiger partial charge is 0.416 e. The first kappa shape index (κ1) is 21.4. The average molecular weight is 447 g/mol. The predicted molar refractivity (Wildman–Crippen MR) is 105 cm³/mol. The second-order valence-electron chi connectivity index (χ2n) is 6.84. The molecule has 0 radical (unpaired) electrons. The molecule has 0 aromatic heterocycles. The van der Waals surface area contributed by atoms with Crippen molar-refractivity contribution in [2.75, 3.05) is 17.7 Å². The summed E-state index contributed by atoms with van der Waals surface area (Å²) in [6.45, 7) is 0.593. The van der Waals surface area contributed by atoms with E-state index in [4.69, 9.17) is 11.6 Å². The van der Waals surface area contributed by atoms with Crippen LogP contribution in [0.25, 0.3) is 0 Å². The third-order valence-electron chi connectivity index (χ3n) is 4.65. The van der Waals surface area contributed by atoms with E-state index >= 15 is 0 Å². The predicted octanol–water partition coefficient (Wildman–Crippen LogP) is 4.39. The summed E-state index contributed by atoms with van der Waals surface area (Å²) < 4.78 is 63.2. The van der Waals surface area contributed by atoms with Crippen LogP contribution in [0.4, 0.5) is 18.9 Å². The van der Waals surface area contributed by atoms with Crippen molar-refractivity contribution in [1.82, 2.24) is 4.72 Å². The third-order valence-corrected chi connectivity index (χ3v) is 5.51. The number of carbonyl (C=O) groups is 1. The molecule has 0 aliphatic carbocycles. The van der Waals surface area contributed by atoms with Crippen LogP contribution in [0.1, 0.15) is 40.4 Å². The van der Waals surface area contributed by atoms with Crippen LogP contribution in [-0.2, 0) is 16.2 Å². The number of hydrogen-bond acceptors (Lipinski definition) is 4. The second-order valence-corrected chi connectivity index (χ2v) is 9.00. The first-order valence-corrected chi connectivity index (χ1v) is 11.0. The molecule has 10 heteroatoms. The molecule has 1 aliphatic rings. The van der Waals surface area contributed by atoms with Gasteiger partial charge in [0.05, 0.1) is 28.6 Å². The molecule has 1 saturated heterocycles. The van der Waals surface area contributed by atoms with Crippen molar-refractivity contribution >= 4 is 33.2 Å². The van der Waals surface area contributed by atoms with Crippen LogP contribution in [0.2, 0.25) is 5.02 Å². The molecule has 2 aromatic carbocycles. The topological polar surface area (TPSA) is 66.5 Å². The number of carbonyl (C=O) groups excluding carboxylic acids is 1. The third kappa shape index (κ3) is 5.02. The molecule has 0 saturated carbocycles. The summed E-state index contributed by atoms with van der Waals surface area (Å²) in [5.41, 5.74) is 0.590. The van der Waals surface area contributed by atoms with Crippen molar-refractivity contribution in [2.24, 2.45) is 0 Å². The van der Waals surface area contributed by atoms with Crippen molar-refractivity contribution in [3.63, 3.8) is 0 Å². The maximum atomic E-state index is 12.9. The lowest BCUT2D eigenvalue weighted by atomic mass is 10.0. The van der Waals surface area contributed by atoms with E-state index in [2.05, 4.69) is 0 Å². The molecule has 0 spiro atoms. The van der Waals surface area contributed by atoms with E-state index in [1.807, 2.05) is 9.62 Å². The minimum absolute atomic E-state index is 0.00213. The first-order chi connectivity index (χ1) is 13.5. The van der Waals surface area contributed by atoms with Crippen molar-refractivity contribution in [3.05, 3.63) is 64.2 Å². The van der Waals surface area contributed by atoms with Crippen LogP contribution in [0.15, 0.2) is 42.5 Å². The number of anilines is 1. The highest BCUT2D eigenvalue weighted by Gasteiger charge is 2.33. The van der Waals surface area contributed by atoms with Gasteiger partial charge in [0, 0.05) is 12.1 Å². The zero-order valence-electron chi connectivity index (χ0n) is 15.3. The zero-order valence-corrected chi connectivity index (χ0v) is 16.9. The van der Waals surface area contributed by atoms with Gasteiger partial charge in [0.25, 0.3) is 5.91 Å². The summed E-state index contributed by atoms with van der Waals surface area (Å²) in [7, 11) is -3.70. The summed E-state index contributed by atoms with van der Waals surface area (Å²) in [4.78, 5) is 14.0. The Kier molecular flexibility index (Phi) is 5.82. The van der Waals surface area contributed by atoms with Crippen LogP contribution in [-0.4, -0.2) is 27.1 Å². The van der Waals surface area contributed by atoms with Crippen molar-refractivity contribution < 1.29 is 26.4 Å². The van der Waals surface area contributed by atoms with Gasteiger partial charge >= 0.3 is 6.18 Å². The molecule has 1 heterocycles. The van der Waals surface area contributed by atoms with Gasteiger partial charge in [-0.05, 0) is 48.7 Å². The van der Waals surface area contributed by atoms with Gasteiger partial charge in [0.15, 0.2) is 0 Å². The average Bonchev–Trinajstić information content (AvgIpc) is 3.09. The normalized spacial score (nSPS) is 17.4. The summed E-state index contributed by atoms with van der Waals surface area (Å²) in [5, 5.41) is -0.00213. The number of rotatable bonds is 4. The molecule has 0 bridgehead atoms. The highest BCUT2D eigenvalue weighted by Crippen LogP contribution is 2.41. The van der Waals surface area contributed by atoms with E-state index in [9.17, 15) is 26.4 Å². The Labute approximate surface area is 171 Å². The summed E-state index contributed by atoms with van der Waals surface area (Å²) in [6.07, 6.45) is -2.08. The standard InChI is InChI=1S/C19H18ClF3N2O3S/c1-29(27,28)24-18(26)13-5-2-4-12(10-13)16-6-3-9-25(16)17-8-7-14(11-15(17)20)19(21,22)23/h2,4-5,7-8,10-11,16H,3,6,9H2,1H3,(H,24,26). The number of nitrogens with one attached hydrogen (secondary N) is 1. The van der Waals surface area contributed by atoms with Crippen LogP contribution < -0.4 is 9.62 Å². The minimum Gasteiger partial charge on any atom is -0.363 e. The lowest BCUT2D eigenvalue weighted by Gasteiger charge is -2.28. The summed E-state index contributed by atoms with van der Waals surface area (Å²) in [6, 6.07) is 9.56. The Balaban J connectivity index is 1.90. The number of nitrogens with zero attached hydrogens (tertiary/aromatic N) is 1. The lowest BCUT2D eigenvalue weighted by molar-refractivity contribution is -0.137. The summed E-state index contributed by atoms with van der Waals surface area (Å²) in [5.74, 6) is -0.744. The Hall–Kier alpha value is -2.26. The quantitative estimate of drug-likeness (QED) is 0.756.